The van der Waals surface area contributed by atoms with Gasteiger partial charge in [-0.15, -0.1) is 0 Å². The molecule has 1 aromatic carbocycles. The molecule has 0 amide bonds. The highest BCUT2D eigenvalue weighted by molar-refractivity contribution is 5.83. The van der Waals surface area contributed by atoms with Crippen molar-refractivity contribution in [3.63, 3.8) is 0 Å². The lowest BCUT2D eigenvalue weighted by atomic mass is 9.93. The van der Waals surface area contributed by atoms with E-state index in [0.717, 1.165) is 5.92 Å². The minimum atomic E-state index is 0.369. The van der Waals surface area contributed by atoms with E-state index in [2.05, 4.69) is 43.1 Å². The van der Waals surface area contributed by atoms with Gasteiger partial charge >= 0.3 is 0 Å². The molecule has 1 saturated carbocycles. The Bertz CT molecular complexity index is 512. The van der Waals surface area contributed by atoms with Crippen LogP contribution in [0, 0.1) is 5.92 Å². The molecule has 2 aromatic rings. The summed E-state index contributed by atoms with van der Waals surface area (Å²) in [6, 6.07) is 10.7. The first kappa shape index (κ1) is 8.90. The van der Waals surface area contributed by atoms with Gasteiger partial charge in [0, 0.05) is 11.6 Å². The summed E-state index contributed by atoms with van der Waals surface area (Å²) in [5, 5.41) is 1.26. The van der Waals surface area contributed by atoms with Crippen LogP contribution in [0.4, 0.5) is 0 Å². The van der Waals surface area contributed by atoms with E-state index >= 15 is 0 Å². The van der Waals surface area contributed by atoms with Gasteiger partial charge < -0.3 is 0 Å². The van der Waals surface area contributed by atoms with Crippen molar-refractivity contribution in [2.75, 3.05) is 0 Å². The maximum atomic E-state index is 4.52. The van der Waals surface area contributed by atoms with Gasteiger partial charge in [0.05, 0.1) is 5.52 Å². The standard InChI is InChI=1S/C14H15N/c1-10-9-14(10,2)12-7-3-5-11-6-4-8-15-13(11)12/h3-8,10H,9H2,1-2H3/t10-,14?/m1/s1. The fourth-order valence-electron chi connectivity index (χ4n) is 2.52. The van der Waals surface area contributed by atoms with E-state index in [-0.39, 0.29) is 0 Å². The fraction of sp³-hybridized carbons (Fsp3) is 0.357. The molecule has 0 saturated heterocycles. The zero-order valence-electron chi connectivity index (χ0n) is 9.20. The Morgan fingerprint density at radius 1 is 1.27 bits per heavy atom. The highest BCUT2D eigenvalue weighted by Gasteiger charge is 2.48. The first-order chi connectivity index (χ1) is 7.22. The normalized spacial score (nSPS) is 29.3. The van der Waals surface area contributed by atoms with E-state index in [0.29, 0.717) is 5.41 Å². The Morgan fingerprint density at radius 3 is 2.73 bits per heavy atom. The van der Waals surface area contributed by atoms with Crippen LogP contribution in [0.1, 0.15) is 25.8 Å². The van der Waals surface area contributed by atoms with Crippen molar-refractivity contribution in [2.24, 2.45) is 5.92 Å². The molecule has 1 aromatic heterocycles. The maximum absolute atomic E-state index is 4.52. The summed E-state index contributed by atoms with van der Waals surface area (Å²) in [6.07, 6.45) is 3.19. The number of nitrogens with zero attached hydrogens (tertiary/aromatic N) is 1. The number of rotatable bonds is 1. The summed E-state index contributed by atoms with van der Waals surface area (Å²) in [6.45, 7) is 4.67. The van der Waals surface area contributed by atoms with Crippen LogP contribution < -0.4 is 0 Å². The second-order valence-corrected chi connectivity index (χ2v) is 4.90. The Hall–Kier alpha value is -1.37. The average Bonchev–Trinajstić information content (AvgIpc) is 2.87. The lowest BCUT2D eigenvalue weighted by Gasteiger charge is -2.12. The van der Waals surface area contributed by atoms with Crippen LogP contribution in [0.3, 0.4) is 0 Å². The Labute approximate surface area is 90.2 Å². The maximum Gasteiger partial charge on any atom is 0.0739 e. The van der Waals surface area contributed by atoms with Gasteiger partial charge in [-0.25, -0.2) is 0 Å². The minimum absolute atomic E-state index is 0.369. The molecule has 0 radical (unpaired) electrons. The zero-order chi connectivity index (χ0) is 10.5. The van der Waals surface area contributed by atoms with Crippen LogP contribution in [0.2, 0.25) is 0 Å². The van der Waals surface area contributed by atoms with Gasteiger partial charge in [0.25, 0.3) is 0 Å². The number of pyridine rings is 1. The third kappa shape index (κ3) is 1.19. The van der Waals surface area contributed by atoms with Gasteiger partial charge in [-0.2, -0.15) is 0 Å². The molecule has 1 aliphatic carbocycles. The molecule has 1 unspecified atom stereocenters. The molecule has 0 bridgehead atoms. The van der Waals surface area contributed by atoms with Crippen molar-refractivity contribution in [3.8, 4) is 0 Å². The minimum Gasteiger partial charge on any atom is -0.256 e. The van der Waals surface area contributed by atoms with E-state index in [4.69, 9.17) is 0 Å². The molecule has 1 aliphatic rings. The van der Waals surface area contributed by atoms with E-state index in [1.807, 2.05) is 12.3 Å². The molecule has 1 nitrogen and oxygen atoms in total. The second kappa shape index (κ2) is 2.82. The smallest absolute Gasteiger partial charge is 0.0739 e. The number of benzene rings is 1. The highest BCUT2D eigenvalue weighted by Crippen LogP contribution is 2.54. The van der Waals surface area contributed by atoms with Gasteiger partial charge in [0.1, 0.15) is 0 Å². The number of para-hydroxylation sites is 1. The van der Waals surface area contributed by atoms with Crippen LogP contribution in [0.25, 0.3) is 10.9 Å². The summed E-state index contributed by atoms with van der Waals surface area (Å²) >= 11 is 0. The summed E-state index contributed by atoms with van der Waals surface area (Å²) in [7, 11) is 0. The molecule has 15 heavy (non-hydrogen) atoms. The van der Waals surface area contributed by atoms with Crippen molar-refractivity contribution < 1.29 is 0 Å². The molecule has 76 valence electrons. The van der Waals surface area contributed by atoms with Gasteiger partial charge in [0.2, 0.25) is 0 Å². The molecule has 0 spiro atoms. The van der Waals surface area contributed by atoms with Crippen LogP contribution in [0.5, 0.6) is 0 Å². The van der Waals surface area contributed by atoms with Gasteiger partial charge in [0.15, 0.2) is 0 Å². The van der Waals surface area contributed by atoms with Crippen molar-refractivity contribution in [1.82, 2.24) is 4.98 Å². The van der Waals surface area contributed by atoms with Gasteiger partial charge in [-0.3, -0.25) is 4.98 Å². The summed E-state index contributed by atoms with van der Waals surface area (Å²) < 4.78 is 0. The van der Waals surface area contributed by atoms with Crippen molar-refractivity contribution in [2.45, 2.75) is 25.7 Å². The lowest BCUT2D eigenvalue weighted by molar-refractivity contribution is 0.706. The quantitative estimate of drug-likeness (QED) is 0.681. The Kier molecular flexibility index (Phi) is 1.67. The molecule has 1 heterocycles. The Morgan fingerprint density at radius 2 is 2.00 bits per heavy atom. The second-order valence-electron chi connectivity index (χ2n) is 4.90. The molecule has 1 heteroatoms. The molecule has 2 atom stereocenters. The number of hydrogen-bond acceptors (Lipinski definition) is 1. The summed E-state index contributed by atoms with van der Waals surface area (Å²) in [5.74, 6) is 0.796. The lowest BCUT2D eigenvalue weighted by Crippen LogP contribution is -2.04. The van der Waals surface area contributed by atoms with Crippen molar-refractivity contribution in [1.29, 1.82) is 0 Å². The largest absolute Gasteiger partial charge is 0.256 e. The molecule has 0 aliphatic heterocycles. The van der Waals surface area contributed by atoms with Gasteiger partial charge in [-0.05, 0) is 29.4 Å². The third-order valence-corrected chi connectivity index (χ3v) is 3.91. The predicted molar refractivity (Wildman–Crippen MR) is 62.9 cm³/mol. The molecular formula is C14H15N. The van der Waals surface area contributed by atoms with Crippen LogP contribution >= 0.6 is 0 Å². The van der Waals surface area contributed by atoms with E-state index < -0.39 is 0 Å². The average molecular weight is 197 g/mol. The molecule has 0 N–H and O–H groups in total. The first-order valence-electron chi connectivity index (χ1n) is 5.56. The summed E-state index contributed by atoms with van der Waals surface area (Å²) in [5.41, 5.74) is 2.98. The first-order valence-corrected chi connectivity index (χ1v) is 5.56. The molecule has 1 fully saturated rings. The number of fused-ring (bicyclic) bond motifs is 1. The van der Waals surface area contributed by atoms with Crippen LogP contribution in [0.15, 0.2) is 36.5 Å². The fourth-order valence-corrected chi connectivity index (χ4v) is 2.52. The van der Waals surface area contributed by atoms with Crippen molar-refractivity contribution >= 4 is 10.9 Å². The molecular weight excluding hydrogens is 182 g/mol. The van der Waals surface area contributed by atoms with Gasteiger partial charge in [-0.1, -0.05) is 38.1 Å². The number of aromatic nitrogens is 1. The topological polar surface area (TPSA) is 12.9 Å². The van der Waals surface area contributed by atoms with Crippen LogP contribution in [-0.2, 0) is 5.41 Å². The Balaban J connectivity index is 2.27. The predicted octanol–water partition coefficient (Wildman–Crippen LogP) is 3.53. The van der Waals surface area contributed by atoms with E-state index in [9.17, 15) is 0 Å². The molecule has 3 rings (SSSR count). The monoisotopic (exact) mass is 197 g/mol. The van der Waals surface area contributed by atoms with E-state index in [1.165, 1.54) is 22.9 Å². The summed E-state index contributed by atoms with van der Waals surface area (Å²) in [4.78, 5) is 4.52. The zero-order valence-corrected chi connectivity index (χ0v) is 9.20. The van der Waals surface area contributed by atoms with Crippen LogP contribution in [-0.4, -0.2) is 4.98 Å². The SMILES string of the molecule is C[C@@H]1CC1(C)c1cccc2cccnc12. The van der Waals surface area contributed by atoms with E-state index in [1.54, 1.807) is 0 Å². The highest BCUT2D eigenvalue weighted by atomic mass is 14.7. The number of hydrogen-bond donors (Lipinski definition) is 0. The van der Waals surface area contributed by atoms with Crippen molar-refractivity contribution in [3.05, 3.63) is 42.1 Å². The third-order valence-electron chi connectivity index (χ3n) is 3.91.